The lowest BCUT2D eigenvalue weighted by molar-refractivity contribution is 0.0173. The van der Waals surface area contributed by atoms with E-state index >= 15 is 0 Å². The number of hydrogen-bond donors (Lipinski definition) is 1. The van der Waals surface area contributed by atoms with Gasteiger partial charge in [-0.25, -0.2) is 14.6 Å². The van der Waals surface area contributed by atoms with Crippen molar-refractivity contribution in [3.05, 3.63) is 34.0 Å². The van der Waals surface area contributed by atoms with E-state index in [1.807, 2.05) is 20.8 Å². The number of imidazole rings is 1. The first-order valence-electron chi connectivity index (χ1n) is 9.26. The first-order valence-corrected chi connectivity index (χ1v) is 9.64. The van der Waals surface area contributed by atoms with E-state index in [0.717, 1.165) is 12.8 Å². The second kappa shape index (κ2) is 6.77. The molecular formula is C19H22ClN5O3. The Morgan fingerprint density at radius 3 is 2.89 bits per heavy atom. The first kappa shape index (κ1) is 18.7. The fourth-order valence-corrected chi connectivity index (χ4v) is 3.80. The zero-order valence-electron chi connectivity index (χ0n) is 16.0. The molecule has 9 heteroatoms. The molecule has 1 aliphatic rings. The summed E-state index contributed by atoms with van der Waals surface area (Å²) in [6.07, 6.45) is 2.81. The summed E-state index contributed by atoms with van der Waals surface area (Å²) in [5, 5.41) is 0.334. The lowest BCUT2D eigenvalue weighted by atomic mass is 10.1. The average Bonchev–Trinajstić information content (AvgIpc) is 2.96. The molecule has 4 heterocycles. The van der Waals surface area contributed by atoms with Gasteiger partial charge in [-0.2, -0.15) is 0 Å². The lowest BCUT2D eigenvalue weighted by Crippen LogP contribution is -2.44. The van der Waals surface area contributed by atoms with Gasteiger partial charge in [0, 0.05) is 13.1 Å². The van der Waals surface area contributed by atoms with Crippen LogP contribution in [0.2, 0.25) is 5.15 Å². The van der Waals surface area contributed by atoms with Crippen LogP contribution in [0.15, 0.2) is 23.1 Å². The third-order valence-corrected chi connectivity index (χ3v) is 4.98. The number of likely N-dealkylation sites (tertiary alicyclic amines) is 1. The van der Waals surface area contributed by atoms with Gasteiger partial charge in [0.15, 0.2) is 0 Å². The van der Waals surface area contributed by atoms with Crippen LogP contribution in [-0.4, -0.2) is 49.2 Å². The number of carbonyl (C=O) groups excluding carboxylic acids is 1. The molecule has 28 heavy (non-hydrogen) atoms. The summed E-state index contributed by atoms with van der Waals surface area (Å²) in [4.78, 5) is 38.5. The van der Waals surface area contributed by atoms with Gasteiger partial charge in [0.25, 0.3) is 0 Å². The van der Waals surface area contributed by atoms with E-state index in [2.05, 4.69) is 15.0 Å². The molecule has 3 aromatic rings. The standard InChI is InChI=1S/C19H22ClN5O3/c1-19(2,3)28-18(27)24-8-4-5-11(10-24)25-16-13(22-17(25)26)9-21-12-6-7-14(20)23-15(12)16/h6-7,9,11H,4-5,8,10H2,1-3H3,(H,22,26)/t11-/m0/s1. The number of nitrogens with one attached hydrogen (secondary N) is 1. The molecule has 1 saturated heterocycles. The van der Waals surface area contributed by atoms with Crippen LogP contribution in [0.5, 0.6) is 0 Å². The van der Waals surface area contributed by atoms with Crippen molar-refractivity contribution in [2.45, 2.75) is 45.3 Å². The number of fused-ring (bicyclic) bond motifs is 3. The van der Waals surface area contributed by atoms with Crippen molar-refractivity contribution in [2.24, 2.45) is 0 Å². The Morgan fingerprint density at radius 2 is 2.14 bits per heavy atom. The van der Waals surface area contributed by atoms with Crippen molar-refractivity contribution in [1.82, 2.24) is 24.4 Å². The number of carbonyl (C=O) groups is 1. The Balaban J connectivity index is 1.76. The molecule has 0 spiro atoms. The number of rotatable bonds is 1. The maximum absolute atomic E-state index is 12.8. The monoisotopic (exact) mass is 403 g/mol. The molecule has 4 rings (SSSR count). The van der Waals surface area contributed by atoms with Crippen LogP contribution in [0.25, 0.3) is 22.1 Å². The van der Waals surface area contributed by atoms with E-state index in [9.17, 15) is 9.59 Å². The van der Waals surface area contributed by atoms with E-state index in [-0.39, 0.29) is 17.8 Å². The number of aromatic nitrogens is 4. The Hall–Kier alpha value is -2.61. The molecule has 0 aromatic carbocycles. The van der Waals surface area contributed by atoms with Crippen LogP contribution < -0.4 is 5.69 Å². The predicted molar refractivity (Wildman–Crippen MR) is 107 cm³/mol. The van der Waals surface area contributed by atoms with E-state index < -0.39 is 5.60 Å². The fraction of sp³-hybridized carbons (Fsp3) is 0.474. The van der Waals surface area contributed by atoms with Gasteiger partial charge >= 0.3 is 11.8 Å². The molecule has 1 amide bonds. The summed E-state index contributed by atoms with van der Waals surface area (Å²) < 4.78 is 7.18. The smallest absolute Gasteiger partial charge is 0.410 e. The SMILES string of the molecule is CC(C)(C)OC(=O)N1CCC[C@H](n2c(=O)[nH]c3cnc4ccc(Cl)nc4c32)C1. The normalized spacial score (nSPS) is 18.0. The molecule has 0 radical (unpaired) electrons. The van der Waals surface area contributed by atoms with Crippen LogP contribution in [0, 0.1) is 0 Å². The number of ether oxygens (including phenoxy) is 1. The van der Waals surface area contributed by atoms with Crippen molar-refractivity contribution in [2.75, 3.05) is 13.1 Å². The van der Waals surface area contributed by atoms with Crippen molar-refractivity contribution in [3.63, 3.8) is 0 Å². The molecule has 8 nitrogen and oxygen atoms in total. The second-order valence-corrected chi connectivity index (χ2v) is 8.43. The number of pyridine rings is 2. The Kier molecular flexibility index (Phi) is 4.53. The molecule has 0 bridgehead atoms. The van der Waals surface area contributed by atoms with Gasteiger partial charge in [-0.05, 0) is 45.7 Å². The van der Waals surface area contributed by atoms with Gasteiger partial charge in [-0.15, -0.1) is 0 Å². The van der Waals surface area contributed by atoms with Crippen LogP contribution in [-0.2, 0) is 4.74 Å². The Labute approximate surface area is 166 Å². The lowest BCUT2D eigenvalue weighted by Gasteiger charge is -2.34. The van der Waals surface area contributed by atoms with Crippen molar-refractivity contribution in [1.29, 1.82) is 0 Å². The Morgan fingerprint density at radius 1 is 1.36 bits per heavy atom. The number of amides is 1. The summed E-state index contributed by atoms with van der Waals surface area (Å²) in [5.74, 6) is 0. The van der Waals surface area contributed by atoms with Gasteiger partial charge in [-0.1, -0.05) is 11.6 Å². The highest BCUT2D eigenvalue weighted by atomic mass is 35.5. The highest BCUT2D eigenvalue weighted by molar-refractivity contribution is 6.30. The van der Waals surface area contributed by atoms with Crippen molar-refractivity contribution in [3.8, 4) is 0 Å². The van der Waals surface area contributed by atoms with Crippen LogP contribution in [0.1, 0.15) is 39.7 Å². The number of hydrogen-bond acceptors (Lipinski definition) is 5. The van der Waals surface area contributed by atoms with Crippen molar-refractivity contribution < 1.29 is 9.53 Å². The molecular weight excluding hydrogens is 382 g/mol. The van der Waals surface area contributed by atoms with Gasteiger partial charge in [0.05, 0.1) is 28.8 Å². The van der Waals surface area contributed by atoms with Crippen molar-refractivity contribution >= 4 is 39.8 Å². The van der Waals surface area contributed by atoms with E-state index in [0.29, 0.717) is 40.3 Å². The average molecular weight is 404 g/mol. The number of nitrogens with zero attached hydrogens (tertiary/aromatic N) is 4. The molecule has 1 N–H and O–H groups in total. The van der Waals surface area contributed by atoms with Gasteiger partial charge in [-0.3, -0.25) is 9.55 Å². The molecule has 1 atom stereocenters. The minimum Gasteiger partial charge on any atom is -0.444 e. The van der Waals surface area contributed by atoms with Crippen LogP contribution >= 0.6 is 11.6 Å². The largest absolute Gasteiger partial charge is 0.444 e. The molecule has 0 aliphatic carbocycles. The van der Waals surface area contributed by atoms with Gasteiger partial charge in [0.1, 0.15) is 16.3 Å². The molecule has 0 unspecified atom stereocenters. The zero-order valence-corrected chi connectivity index (χ0v) is 16.8. The molecule has 0 saturated carbocycles. The van der Waals surface area contributed by atoms with E-state index in [4.69, 9.17) is 16.3 Å². The first-order chi connectivity index (χ1) is 13.2. The predicted octanol–water partition coefficient (Wildman–Crippen LogP) is 3.50. The minimum atomic E-state index is -0.565. The highest BCUT2D eigenvalue weighted by Crippen LogP contribution is 2.28. The fourth-order valence-electron chi connectivity index (χ4n) is 3.65. The summed E-state index contributed by atoms with van der Waals surface area (Å²) in [5.41, 5.74) is 1.67. The minimum absolute atomic E-state index is 0.186. The second-order valence-electron chi connectivity index (χ2n) is 8.04. The quantitative estimate of drug-likeness (QED) is 0.627. The maximum Gasteiger partial charge on any atom is 0.410 e. The zero-order chi connectivity index (χ0) is 20.1. The molecule has 148 valence electrons. The molecule has 3 aromatic heterocycles. The summed E-state index contributed by atoms with van der Waals surface area (Å²) in [7, 11) is 0. The van der Waals surface area contributed by atoms with E-state index in [1.165, 1.54) is 0 Å². The number of halogens is 1. The molecule has 1 aliphatic heterocycles. The summed E-state index contributed by atoms with van der Waals surface area (Å²) >= 11 is 6.08. The van der Waals surface area contributed by atoms with E-state index in [1.54, 1.807) is 27.8 Å². The third-order valence-electron chi connectivity index (χ3n) is 4.77. The van der Waals surface area contributed by atoms with Gasteiger partial charge < -0.3 is 14.6 Å². The third kappa shape index (κ3) is 3.44. The van der Waals surface area contributed by atoms with Gasteiger partial charge in [0.2, 0.25) is 0 Å². The van der Waals surface area contributed by atoms with Crippen LogP contribution in [0.3, 0.4) is 0 Å². The van der Waals surface area contributed by atoms with Crippen LogP contribution in [0.4, 0.5) is 4.79 Å². The number of aromatic amines is 1. The summed E-state index contributed by atoms with van der Waals surface area (Å²) in [6, 6.07) is 3.26. The number of H-pyrrole nitrogens is 1. The highest BCUT2D eigenvalue weighted by Gasteiger charge is 2.30. The Bertz CT molecular complexity index is 1110. The summed E-state index contributed by atoms with van der Waals surface area (Å²) in [6.45, 7) is 6.52. The maximum atomic E-state index is 12.8. The number of piperidine rings is 1. The topological polar surface area (TPSA) is 93.1 Å². The molecule has 1 fully saturated rings.